The predicted molar refractivity (Wildman–Crippen MR) is 83.8 cm³/mol. The van der Waals surface area contributed by atoms with E-state index in [0.717, 1.165) is 29.2 Å². The molecule has 20 heavy (non-hydrogen) atoms. The van der Waals surface area contributed by atoms with E-state index in [2.05, 4.69) is 17.3 Å². The maximum atomic E-state index is 5.75. The lowest BCUT2D eigenvalue weighted by molar-refractivity contribution is 0.305. The van der Waals surface area contributed by atoms with Crippen LogP contribution in [0.1, 0.15) is 18.2 Å². The van der Waals surface area contributed by atoms with Gasteiger partial charge < -0.3 is 15.8 Å². The number of hydrogen-bond acceptors (Lipinski definition) is 3. The number of nitrogens with two attached hydrogens (primary N) is 1. The van der Waals surface area contributed by atoms with Crippen molar-refractivity contribution in [2.75, 3.05) is 5.32 Å². The molecule has 0 atom stereocenters. The fraction of sp³-hybridized carbons (Fsp3) is 0.286. The molecule has 0 bridgehead atoms. The SMILES string of the molecule is CCn1ncc(COc2ccc(NC(N)=S)cc2)c1C. The molecule has 2 rings (SSSR count). The van der Waals surface area contributed by atoms with Crippen molar-refractivity contribution in [3.05, 3.63) is 41.7 Å². The standard InChI is InChI=1S/C14H18N4OS/c1-3-18-10(2)11(8-16-18)9-19-13-6-4-12(5-7-13)17-14(15)20/h4-8H,3,9H2,1-2H3,(H3,15,17,20). The summed E-state index contributed by atoms with van der Waals surface area (Å²) in [7, 11) is 0. The number of rotatable bonds is 5. The minimum Gasteiger partial charge on any atom is -0.489 e. The van der Waals surface area contributed by atoms with Crippen molar-refractivity contribution in [2.24, 2.45) is 5.73 Å². The Balaban J connectivity index is 1.96. The summed E-state index contributed by atoms with van der Waals surface area (Å²) in [5.41, 5.74) is 8.49. The van der Waals surface area contributed by atoms with E-state index in [-0.39, 0.29) is 5.11 Å². The van der Waals surface area contributed by atoms with Gasteiger partial charge in [0, 0.05) is 23.5 Å². The number of benzene rings is 1. The Morgan fingerprint density at radius 1 is 1.40 bits per heavy atom. The number of nitrogens with zero attached hydrogens (tertiary/aromatic N) is 2. The van der Waals surface area contributed by atoms with Gasteiger partial charge in [0.1, 0.15) is 12.4 Å². The lowest BCUT2D eigenvalue weighted by Gasteiger charge is -2.08. The van der Waals surface area contributed by atoms with Gasteiger partial charge in [-0.05, 0) is 50.3 Å². The van der Waals surface area contributed by atoms with Gasteiger partial charge >= 0.3 is 0 Å². The molecule has 0 fully saturated rings. The van der Waals surface area contributed by atoms with Gasteiger partial charge in [-0.15, -0.1) is 0 Å². The van der Waals surface area contributed by atoms with Crippen LogP contribution in [0, 0.1) is 6.92 Å². The summed E-state index contributed by atoms with van der Waals surface area (Å²) in [6, 6.07) is 7.49. The van der Waals surface area contributed by atoms with Crippen LogP contribution in [-0.2, 0) is 13.2 Å². The summed E-state index contributed by atoms with van der Waals surface area (Å²) in [6.45, 7) is 5.49. The predicted octanol–water partition coefficient (Wildman–Crippen LogP) is 2.45. The van der Waals surface area contributed by atoms with Gasteiger partial charge in [-0.25, -0.2) is 0 Å². The third-order valence-corrected chi connectivity index (χ3v) is 3.12. The topological polar surface area (TPSA) is 65.1 Å². The molecule has 0 aliphatic carbocycles. The fourth-order valence-corrected chi connectivity index (χ4v) is 2.00. The van der Waals surface area contributed by atoms with Gasteiger partial charge in [0.05, 0.1) is 6.20 Å². The van der Waals surface area contributed by atoms with Crippen LogP contribution in [-0.4, -0.2) is 14.9 Å². The zero-order valence-corrected chi connectivity index (χ0v) is 12.4. The highest BCUT2D eigenvalue weighted by atomic mass is 32.1. The van der Waals surface area contributed by atoms with Crippen LogP contribution >= 0.6 is 12.2 Å². The van der Waals surface area contributed by atoms with Crippen LogP contribution in [0.2, 0.25) is 0 Å². The van der Waals surface area contributed by atoms with E-state index < -0.39 is 0 Å². The third-order valence-electron chi connectivity index (χ3n) is 3.02. The summed E-state index contributed by atoms with van der Waals surface area (Å²) in [5.74, 6) is 0.794. The molecule has 3 N–H and O–H groups in total. The second-order valence-corrected chi connectivity index (χ2v) is 4.81. The molecule has 0 spiro atoms. The minimum absolute atomic E-state index is 0.251. The van der Waals surface area contributed by atoms with E-state index in [1.54, 1.807) is 0 Å². The zero-order valence-electron chi connectivity index (χ0n) is 11.6. The Hall–Kier alpha value is -2.08. The van der Waals surface area contributed by atoms with E-state index >= 15 is 0 Å². The van der Waals surface area contributed by atoms with Crippen LogP contribution in [0.3, 0.4) is 0 Å². The first kappa shape index (κ1) is 14.3. The average Bonchev–Trinajstić information content (AvgIpc) is 2.78. The number of thiocarbonyl (C=S) groups is 1. The lowest BCUT2D eigenvalue weighted by Crippen LogP contribution is -2.18. The lowest BCUT2D eigenvalue weighted by atomic mass is 10.2. The molecule has 0 radical (unpaired) electrons. The van der Waals surface area contributed by atoms with E-state index in [0.29, 0.717) is 6.61 Å². The number of anilines is 1. The van der Waals surface area contributed by atoms with E-state index in [9.17, 15) is 0 Å². The van der Waals surface area contributed by atoms with Gasteiger partial charge in [-0.3, -0.25) is 4.68 Å². The zero-order chi connectivity index (χ0) is 14.5. The number of nitrogens with one attached hydrogen (secondary N) is 1. The Morgan fingerprint density at radius 3 is 2.65 bits per heavy atom. The van der Waals surface area contributed by atoms with Crippen molar-refractivity contribution < 1.29 is 4.74 Å². The summed E-state index contributed by atoms with van der Waals surface area (Å²) in [6.07, 6.45) is 1.85. The molecule has 0 unspecified atom stereocenters. The molecular weight excluding hydrogens is 272 g/mol. The Labute approximate surface area is 123 Å². The van der Waals surface area contributed by atoms with Gasteiger partial charge in [-0.2, -0.15) is 5.10 Å². The van der Waals surface area contributed by atoms with Crippen LogP contribution < -0.4 is 15.8 Å². The van der Waals surface area contributed by atoms with Crippen molar-refractivity contribution in [1.29, 1.82) is 0 Å². The molecule has 2 aromatic rings. The second kappa shape index (κ2) is 6.38. The quantitative estimate of drug-likeness (QED) is 0.828. The maximum absolute atomic E-state index is 5.75. The van der Waals surface area contributed by atoms with E-state index in [1.165, 1.54) is 0 Å². The number of ether oxygens (including phenoxy) is 1. The Kier molecular flexibility index (Phi) is 4.57. The molecule has 5 nitrogen and oxygen atoms in total. The Bertz CT molecular complexity index is 592. The van der Waals surface area contributed by atoms with Crippen molar-refractivity contribution in [3.8, 4) is 5.75 Å². The summed E-state index contributed by atoms with van der Waals surface area (Å²) in [4.78, 5) is 0. The fourth-order valence-electron chi connectivity index (χ4n) is 1.88. The van der Waals surface area contributed by atoms with Gasteiger partial charge in [-0.1, -0.05) is 0 Å². The molecule has 1 heterocycles. The van der Waals surface area contributed by atoms with Crippen LogP contribution in [0.15, 0.2) is 30.5 Å². The highest BCUT2D eigenvalue weighted by molar-refractivity contribution is 7.80. The monoisotopic (exact) mass is 290 g/mol. The van der Waals surface area contributed by atoms with Crippen LogP contribution in [0.25, 0.3) is 0 Å². The average molecular weight is 290 g/mol. The second-order valence-electron chi connectivity index (χ2n) is 4.37. The van der Waals surface area contributed by atoms with Gasteiger partial charge in [0.2, 0.25) is 0 Å². The molecule has 106 valence electrons. The summed E-state index contributed by atoms with van der Waals surface area (Å²) in [5, 5.41) is 7.41. The van der Waals surface area contributed by atoms with Crippen molar-refractivity contribution in [1.82, 2.24) is 9.78 Å². The number of aromatic nitrogens is 2. The molecule has 0 aliphatic heterocycles. The highest BCUT2D eigenvalue weighted by Gasteiger charge is 2.05. The first-order valence-electron chi connectivity index (χ1n) is 6.40. The Morgan fingerprint density at radius 2 is 2.10 bits per heavy atom. The molecule has 0 saturated carbocycles. The molecule has 0 saturated heterocycles. The van der Waals surface area contributed by atoms with Crippen LogP contribution in [0.5, 0.6) is 5.75 Å². The first-order chi connectivity index (χ1) is 9.60. The molecular formula is C14H18N4OS. The van der Waals surface area contributed by atoms with Gasteiger partial charge in [0.15, 0.2) is 5.11 Å². The molecule has 1 aromatic heterocycles. The summed E-state index contributed by atoms with van der Waals surface area (Å²) < 4.78 is 7.70. The maximum Gasteiger partial charge on any atom is 0.168 e. The van der Waals surface area contributed by atoms with E-state index in [4.69, 9.17) is 22.7 Å². The summed E-state index contributed by atoms with van der Waals surface area (Å²) >= 11 is 4.78. The van der Waals surface area contributed by atoms with Crippen LogP contribution in [0.4, 0.5) is 5.69 Å². The van der Waals surface area contributed by atoms with Crippen molar-refractivity contribution in [3.63, 3.8) is 0 Å². The highest BCUT2D eigenvalue weighted by Crippen LogP contribution is 2.18. The molecule has 6 heteroatoms. The van der Waals surface area contributed by atoms with Gasteiger partial charge in [0.25, 0.3) is 0 Å². The third kappa shape index (κ3) is 3.48. The molecule has 0 aliphatic rings. The largest absolute Gasteiger partial charge is 0.489 e. The molecule has 0 amide bonds. The molecule has 1 aromatic carbocycles. The van der Waals surface area contributed by atoms with Crippen molar-refractivity contribution in [2.45, 2.75) is 27.0 Å². The number of aryl methyl sites for hydroxylation is 1. The first-order valence-corrected chi connectivity index (χ1v) is 6.81. The smallest absolute Gasteiger partial charge is 0.168 e. The normalized spacial score (nSPS) is 10.3. The van der Waals surface area contributed by atoms with E-state index in [1.807, 2.05) is 42.1 Å². The minimum atomic E-state index is 0.251. The number of hydrogen-bond donors (Lipinski definition) is 2. The van der Waals surface area contributed by atoms with Crippen molar-refractivity contribution >= 4 is 23.0 Å².